The summed E-state index contributed by atoms with van der Waals surface area (Å²) in [6.45, 7) is 2.18. The average molecular weight is 283 g/mol. The normalized spacial score (nSPS) is 10.6. The van der Waals surface area contributed by atoms with Gasteiger partial charge in [-0.3, -0.25) is 4.79 Å². The number of aryl methyl sites for hydroxylation is 1. The van der Waals surface area contributed by atoms with Crippen molar-refractivity contribution in [3.05, 3.63) is 62.0 Å². The van der Waals surface area contributed by atoms with Gasteiger partial charge in [0.25, 0.3) is 5.56 Å². The zero-order valence-corrected chi connectivity index (χ0v) is 11.3. The molecule has 2 rings (SSSR count). The summed E-state index contributed by atoms with van der Waals surface area (Å²) in [4.78, 5) is 11.8. The Balaban J connectivity index is 2.40. The Morgan fingerprint density at radius 3 is 2.67 bits per heavy atom. The largest absolute Gasteiger partial charge is 0.397 e. The van der Waals surface area contributed by atoms with Crippen molar-refractivity contribution < 1.29 is 0 Å². The molecule has 2 N–H and O–H groups in total. The standard InChI is InChI=1S/C13H12Cl2N2O/c1-8-4-13(18)17(7-12(8)16)6-9-2-3-10(14)5-11(9)15/h2-5,7H,6,16H2,1H3. The summed E-state index contributed by atoms with van der Waals surface area (Å²) in [6.07, 6.45) is 1.63. The van der Waals surface area contributed by atoms with Crippen LogP contribution in [0.15, 0.2) is 35.3 Å². The maximum absolute atomic E-state index is 11.8. The van der Waals surface area contributed by atoms with Crippen LogP contribution in [0.5, 0.6) is 0 Å². The van der Waals surface area contributed by atoms with E-state index in [1.165, 1.54) is 10.6 Å². The van der Waals surface area contributed by atoms with E-state index in [0.717, 1.165) is 11.1 Å². The molecular formula is C13H12Cl2N2O. The molecule has 0 saturated heterocycles. The van der Waals surface area contributed by atoms with E-state index in [-0.39, 0.29) is 5.56 Å². The predicted octanol–water partition coefficient (Wildman–Crippen LogP) is 3.09. The molecule has 1 aromatic carbocycles. The molecule has 0 spiro atoms. The lowest BCUT2D eigenvalue weighted by Gasteiger charge is -2.10. The third-order valence-electron chi connectivity index (χ3n) is 2.73. The molecule has 0 aliphatic rings. The van der Waals surface area contributed by atoms with Crippen LogP contribution in [0.1, 0.15) is 11.1 Å². The summed E-state index contributed by atoms with van der Waals surface area (Å²) in [6, 6.07) is 6.71. The zero-order chi connectivity index (χ0) is 13.3. The molecule has 0 atom stereocenters. The number of aromatic nitrogens is 1. The first kappa shape index (κ1) is 13.0. The topological polar surface area (TPSA) is 48.0 Å². The minimum absolute atomic E-state index is 0.104. The van der Waals surface area contributed by atoms with E-state index in [2.05, 4.69) is 0 Å². The Morgan fingerprint density at radius 2 is 2.00 bits per heavy atom. The molecule has 0 bridgehead atoms. The highest BCUT2D eigenvalue weighted by Gasteiger charge is 2.05. The maximum Gasteiger partial charge on any atom is 0.251 e. The Morgan fingerprint density at radius 1 is 1.28 bits per heavy atom. The zero-order valence-electron chi connectivity index (χ0n) is 9.78. The second-order valence-corrected chi connectivity index (χ2v) is 4.96. The lowest BCUT2D eigenvalue weighted by atomic mass is 10.2. The number of benzene rings is 1. The number of anilines is 1. The summed E-state index contributed by atoms with van der Waals surface area (Å²) in [5.41, 5.74) is 7.87. The number of nitrogens with zero attached hydrogens (tertiary/aromatic N) is 1. The van der Waals surface area contributed by atoms with E-state index in [9.17, 15) is 4.79 Å². The van der Waals surface area contributed by atoms with E-state index in [4.69, 9.17) is 28.9 Å². The number of pyridine rings is 1. The molecule has 0 unspecified atom stereocenters. The molecule has 0 fully saturated rings. The Hall–Kier alpha value is -1.45. The number of halogens is 2. The van der Waals surface area contributed by atoms with E-state index in [0.29, 0.717) is 22.3 Å². The molecule has 1 aromatic heterocycles. The summed E-state index contributed by atoms with van der Waals surface area (Å²) in [5.74, 6) is 0. The predicted molar refractivity (Wildman–Crippen MR) is 75.4 cm³/mol. The smallest absolute Gasteiger partial charge is 0.251 e. The number of nitrogen functional groups attached to an aromatic ring is 1. The first-order valence-electron chi connectivity index (χ1n) is 5.38. The monoisotopic (exact) mass is 282 g/mol. The molecule has 0 aliphatic carbocycles. The summed E-state index contributed by atoms with van der Waals surface area (Å²) >= 11 is 11.9. The molecule has 94 valence electrons. The van der Waals surface area contributed by atoms with Gasteiger partial charge in [0, 0.05) is 22.3 Å². The van der Waals surface area contributed by atoms with Crippen molar-refractivity contribution >= 4 is 28.9 Å². The van der Waals surface area contributed by atoms with E-state index in [1.807, 2.05) is 0 Å². The molecule has 18 heavy (non-hydrogen) atoms. The van der Waals surface area contributed by atoms with Gasteiger partial charge in [0.05, 0.1) is 12.2 Å². The summed E-state index contributed by atoms with van der Waals surface area (Å²) in [5, 5.41) is 1.10. The maximum atomic E-state index is 11.8. The first-order chi connectivity index (χ1) is 8.47. The average Bonchev–Trinajstić information content (AvgIpc) is 2.29. The third kappa shape index (κ3) is 2.68. The quantitative estimate of drug-likeness (QED) is 0.920. The number of hydrogen-bond donors (Lipinski definition) is 1. The van der Waals surface area contributed by atoms with Gasteiger partial charge in [0.1, 0.15) is 0 Å². The van der Waals surface area contributed by atoms with Gasteiger partial charge in [-0.1, -0.05) is 29.3 Å². The van der Waals surface area contributed by atoms with Crippen LogP contribution in [0.3, 0.4) is 0 Å². The molecule has 2 aromatic rings. The van der Waals surface area contributed by atoms with Gasteiger partial charge in [-0.15, -0.1) is 0 Å². The van der Waals surface area contributed by atoms with Crippen LogP contribution in [0.25, 0.3) is 0 Å². The number of rotatable bonds is 2. The van der Waals surface area contributed by atoms with Crippen LogP contribution >= 0.6 is 23.2 Å². The second-order valence-electron chi connectivity index (χ2n) is 4.11. The Bertz CT molecular complexity index is 650. The fourth-order valence-electron chi connectivity index (χ4n) is 1.64. The van der Waals surface area contributed by atoms with Crippen molar-refractivity contribution in [2.24, 2.45) is 0 Å². The highest BCUT2D eigenvalue weighted by molar-refractivity contribution is 6.35. The lowest BCUT2D eigenvalue weighted by Crippen LogP contribution is -2.20. The highest BCUT2D eigenvalue weighted by Crippen LogP contribution is 2.21. The van der Waals surface area contributed by atoms with Gasteiger partial charge in [0.15, 0.2) is 0 Å². The molecule has 5 heteroatoms. The van der Waals surface area contributed by atoms with E-state index in [1.54, 1.807) is 31.3 Å². The Kier molecular flexibility index (Phi) is 3.64. The molecule has 1 heterocycles. The van der Waals surface area contributed by atoms with Crippen molar-refractivity contribution in [2.75, 3.05) is 5.73 Å². The Labute approximate surface area is 115 Å². The minimum atomic E-state index is -0.104. The van der Waals surface area contributed by atoms with E-state index >= 15 is 0 Å². The SMILES string of the molecule is Cc1cc(=O)n(Cc2ccc(Cl)cc2Cl)cc1N. The van der Waals surface area contributed by atoms with Crippen LogP contribution in [0.2, 0.25) is 10.0 Å². The summed E-state index contributed by atoms with van der Waals surface area (Å²) in [7, 11) is 0. The van der Waals surface area contributed by atoms with Crippen LogP contribution in [0, 0.1) is 6.92 Å². The van der Waals surface area contributed by atoms with Crippen molar-refractivity contribution in [2.45, 2.75) is 13.5 Å². The van der Waals surface area contributed by atoms with Crippen LogP contribution in [0.4, 0.5) is 5.69 Å². The van der Waals surface area contributed by atoms with Gasteiger partial charge in [0.2, 0.25) is 0 Å². The van der Waals surface area contributed by atoms with Gasteiger partial charge >= 0.3 is 0 Å². The van der Waals surface area contributed by atoms with Gasteiger partial charge < -0.3 is 10.3 Å². The fourth-order valence-corrected chi connectivity index (χ4v) is 2.11. The lowest BCUT2D eigenvalue weighted by molar-refractivity contribution is 0.759. The molecule has 0 saturated carbocycles. The van der Waals surface area contributed by atoms with Crippen molar-refractivity contribution in [1.82, 2.24) is 4.57 Å². The van der Waals surface area contributed by atoms with Crippen molar-refractivity contribution in [1.29, 1.82) is 0 Å². The van der Waals surface area contributed by atoms with Crippen molar-refractivity contribution in [3.8, 4) is 0 Å². The van der Waals surface area contributed by atoms with Gasteiger partial charge in [-0.25, -0.2) is 0 Å². The third-order valence-corrected chi connectivity index (χ3v) is 3.32. The van der Waals surface area contributed by atoms with Crippen LogP contribution < -0.4 is 11.3 Å². The molecule has 0 amide bonds. The van der Waals surface area contributed by atoms with Gasteiger partial charge in [-0.2, -0.15) is 0 Å². The fraction of sp³-hybridized carbons (Fsp3) is 0.154. The number of hydrogen-bond acceptors (Lipinski definition) is 2. The van der Waals surface area contributed by atoms with E-state index < -0.39 is 0 Å². The molecule has 3 nitrogen and oxygen atoms in total. The van der Waals surface area contributed by atoms with Crippen LogP contribution in [-0.2, 0) is 6.54 Å². The summed E-state index contributed by atoms with van der Waals surface area (Å²) < 4.78 is 1.53. The molecule has 0 aliphatic heterocycles. The first-order valence-corrected chi connectivity index (χ1v) is 6.13. The van der Waals surface area contributed by atoms with Gasteiger partial charge in [-0.05, 0) is 30.2 Å². The minimum Gasteiger partial charge on any atom is -0.397 e. The van der Waals surface area contributed by atoms with Crippen molar-refractivity contribution in [3.63, 3.8) is 0 Å². The molecule has 0 radical (unpaired) electrons. The second kappa shape index (κ2) is 5.04. The van der Waals surface area contributed by atoms with Crippen LogP contribution in [-0.4, -0.2) is 4.57 Å². The number of nitrogens with two attached hydrogens (primary N) is 1. The molecular weight excluding hydrogens is 271 g/mol. The highest BCUT2D eigenvalue weighted by atomic mass is 35.5.